The number of carbonyl (C=O) groups excluding carboxylic acids is 1. The Morgan fingerprint density at radius 1 is 1.31 bits per heavy atom. The van der Waals surface area contributed by atoms with Gasteiger partial charge >= 0.3 is 0 Å². The summed E-state index contributed by atoms with van der Waals surface area (Å²) in [4.78, 5) is 13.2. The maximum atomic E-state index is 11.5. The van der Waals surface area contributed by atoms with E-state index in [9.17, 15) is 23.4 Å². The third-order valence-electron chi connectivity index (χ3n) is 5.02. The summed E-state index contributed by atoms with van der Waals surface area (Å²) in [7, 11) is -2.91. The van der Waals surface area contributed by atoms with Crippen LogP contribution < -0.4 is 5.32 Å². The maximum absolute atomic E-state index is 11.5. The van der Waals surface area contributed by atoms with Crippen molar-refractivity contribution >= 4 is 15.7 Å². The molecule has 10 nitrogen and oxygen atoms in total. The zero-order valence-corrected chi connectivity index (χ0v) is 15.5. The monoisotopic (exact) mass is 387 g/mol. The van der Waals surface area contributed by atoms with Crippen molar-refractivity contribution in [2.75, 3.05) is 24.6 Å². The number of amides is 1. The van der Waals surface area contributed by atoms with E-state index in [1.165, 1.54) is 6.92 Å². The Balaban J connectivity index is 1.54. The van der Waals surface area contributed by atoms with Gasteiger partial charge < -0.3 is 15.5 Å². The Kier molecular flexibility index (Phi) is 5.61. The summed E-state index contributed by atoms with van der Waals surface area (Å²) in [5.41, 5.74) is 0.732. The number of aliphatic hydroxyl groups excluding tert-OH is 2. The van der Waals surface area contributed by atoms with E-state index in [-0.39, 0.29) is 23.3 Å². The van der Waals surface area contributed by atoms with Crippen molar-refractivity contribution in [3.05, 3.63) is 11.9 Å². The zero-order chi connectivity index (χ0) is 18.9. The summed E-state index contributed by atoms with van der Waals surface area (Å²) in [5.74, 6) is -0.152. The largest absolute Gasteiger partial charge is 0.390 e. The molecule has 11 heteroatoms. The lowest BCUT2D eigenvalue weighted by Gasteiger charge is -2.25. The van der Waals surface area contributed by atoms with Crippen LogP contribution in [-0.4, -0.2) is 87.3 Å². The maximum Gasteiger partial charge on any atom is 0.217 e. The second-order valence-electron chi connectivity index (χ2n) is 7.14. The average molecular weight is 387 g/mol. The lowest BCUT2D eigenvalue weighted by atomic mass is 10.1. The molecule has 3 rings (SSSR count). The molecule has 0 bridgehead atoms. The fourth-order valence-corrected chi connectivity index (χ4v) is 4.86. The van der Waals surface area contributed by atoms with Crippen molar-refractivity contribution in [2.24, 2.45) is 5.92 Å². The normalized spacial score (nSPS) is 31.8. The van der Waals surface area contributed by atoms with Gasteiger partial charge in [-0.05, 0) is 6.42 Å². The molecule has 1 aliphatic carbocycles. The number of hydrogen-bond donors (Lipinski definition) is 3. The summed E-state index contributed by atoms with van der Waals surface area (Å²) in [5, 5.41) is 31.1. The first kappa shape index (κ1) is 19.2. The van der Waals surface area contributed by atoms with Crippen LogP contribution in [0.3, 0.4) is 0 Å². The molecule has 4 atom stereocenters. The zero-order valence-electron chi connectivity index (χ0n) is 14.7. The van der Waals surface area contributed by atoms with E-state index in [1.54, 1.807) is 10.9 Å². The lowest BCUT2D eigenvalue weighted by molar-refractivity contribution is -0.120. The van der Waals surface area contributed by atoms with E-state index in [0.29, 0.717) is 32.6 Å². The van der Waals surface area contributed by atoms with Crippen LogP contribution in [0.25, 0.3) is 0 Å². The number of nitrogens with zero attached hydrogens (tertiary/aromatic N) is 4. The van der Waals surface area contributed by atoms with Crippen molar-refractivity contribution in [1.29, 1.82) is 0 Å². The molecule has 2 heterocycles. The van der Waals surface area contributed by atoms with Gasteiger partial charge in [-0.25, -0.2) is 8.42 Å². The average Bonchev–Trinajstić information content (AvgIpc) is 3.10. The molecule has 1 saturated carbocycles. The van der Waals surface area contributed by atoms with E-state index in [1.807, 2.05) is 4.90 Å². The number of rotatable bonds is 5. The van der Waals surface area contributed by atoms with E-state index in [0.717, 1.165) is 5.69 Å². The minimum Gasteiger partial charge on any atom is -0.390 e. The van der Waals surface area contributed by atoms with Gasteiger partial charge in [-0.15, -0.1) is 5.10 Å². The number of carbonyl (C=O) groups is 1. The Morgan fingerprint density at radius 2 is 2.00 bits per heavy atom. The minimum absolute atomic E-state index is 0.165. The van der Waals surface area contributed by atoms with Crippen molar-refractivity contribution in [3.8, 4) is 0 Å². The topological polar surface area (TPSA) is 138 Å². The third-order valence-corrected chi connectivity index (χ3v) is 6.63. The van der Waals surface area contributed by atoms with Crippen molar-refractivity contribution in [2.45, 2.75) is 44.7 Å². The standard InChI is InChI=1S/C15H25N5O5S/c1-10(21)16-13-6-11(14(22)15(13)23)7-20-9-12(17-18-20)8-19-2-4-26(24,25)5-3-19/h9,11,13-15,22-23H,2-8H2,1H3,(H,16,21)/t11-,13-,14-,15+/m1/s1. The van der Waals surface area contributed by atoms with Crippen LogP contribution >= 0.6 is 0 Å². The first-order chi connectivity index (χ1) is 12.2. The smallest absolute Gasteiger partial charge is 0.217 e. The highest BCUT2D eigenvalue weighted by atomic mass is 32.2. The number of nitrogens with one attached hydrogen (secondary N) is 1. The molecule has 146 valence electrons. The molecule has 0 aromatic carbocycles. The molecular weight excluding hydrogens is 362 g/mol. The van der Waals surface area contributed by atoms with E-state index in [4.69, 9.17) is 0 Å². The van der Waals surface area contributed by atoms with Gasteiger partial charge in [-0.3, -0.25) is 14.4 Å². The van der Waals surface area contributed by atoms with Gasteiger partial charge in [0.25, 0.3) is 0 Å². The highest BCUT2D eigenvalue weighted by Gasteiger charge is 2.42. The highest BCUT2D eigenvalue weighted by Crippen LogP contribution is 2.28. The van der Waals surface area contributed by atoms with Gasteiger partial charge in [0.1, 0.15) is 6.10 Å². The summed E-state index contributed by atoms with van der Waals surface area (Å²) in [6.07, 6.45) is 0.295. The van der Waals surface area contributed by atoms with Crippen molar-refractivity contribution < 1.29 is 23.4 Å². The predicted octanol–water partition coefficient (Wildman–Crippen LogP) is -2.25. The van der Waals surface area contributed by atoms with Crippen LogP contribution in [0.4, 0.5) is 0 Å². The summed E-state index contributed by atoms with van der Waals surface area (Å²) in [6, 6.07) is -0.467. The molecule has 1 aromatic rings. The fourth-order valence-electron chi connectivity index (χ4n) is 3.59. The molecule has 2 aliphatic rings. The second-order valence-corrected chi connectivity index (χ2v) is 9.45. The number of hydrogen-bond acceptors (Lipinski definition) is 8. The molecular formula is C15H25N5O5S. The molecule has 1 aliphatic heterocycles. The molecule has 1 aromatic heterocycles. The van der Waals surface area contributed by atoms with Gasteiger partial charge in [-0.2, -0.15) is 0 Å². The minimum atomic E-state index is -2.91. The number of aromatic nitrogens is 3. The molecule has 0 spiro atoms. The molecule has 1 amide bonds. The van der Waals surface area contributed by atoms with Gasteiger partial charge in [0.2, 0.25) is 5.91 Å². The van der Waals surface area contributed by atoms with E-state index >= 15 is 0 Å². The van der Waals surface area contributed by atoms with Gasteiger partial charge in [0.05, 0.1) is 29.3 Å². The number of aliphatic hydroxyl groups is 2. The SMILES string of the molecule is CC(=O)N[C@@H]1C[C@H](Cn2cc(CN3CCS(=O)(=O)CC3)nn2)[C@@H](O)[C@H]1O. The Labute approximate surface area is 152 Å². The summed E-state index contributed by atoms with van der Waals surface area (Å²) in [6.45, 7) is 3.26. The Bertz CT molecular complexity index is 737. The summed E-state index contributed by atoms with van der Waals surface area (Å²) >= 11 is 0. The van der Waals surface area contributed by atoms with Crippen LogP contribution in [0.15, 0.2) is 6.20 Å². The van der Waals surface area contributed by atoms with Gasteiger partial charge in [0, 0.05) is 45.2 Å². The van der Waals surface area contributed by atoms with Gasteiger partial charge in [-0.1, -0.05) is 5.21 Å². The van der Waals surface area contributed by atoms with Crippen LogP contribution in [0.1, 0.15) is 19.0 Å². The first-order valence-corrected chi connectivity index (χ1v) is 10.5. The molecule has 0 radical (unpaired) electrons. The molecule has 3 N–H and O–H groups in total. The molecule has 26 heavy (non-hydrogen) atoms. The molecule has 2 fully saturated rings. The van der Waals surface area contributed by atoms with Crippen LogP contribution in [0, 0.1) is 5.92 Å². The first-order valence-electron chi connectivity index (χ1n) is 8.68. The van der Waals surface area contributed by atoms with Crippen molar-refractivity contribution in [1.82, 2.24) is 25.2 Å². The Hall–Kier alpha value is -1.56. The van der Waals surface area contributed by atoms with Gasteiger partial charge in [0.15, 0.2) is 9.84 Å². The van der Waals surface area contributed by atoms with Crippen LogP contribution in [0.2, 0.25) is 0 Å². The molecule has 1 saturated heterocycles. The fraction of sp³-hybridized carbons (Fsp3) is 0.800. The lowest BCUT2D eigenvalue weighted by Crippen LogP contribution is -2.42. The number of sulfone groups is 1. The second kappa shape index (κ2) is 7.59. The van der Waals surface area contributed by atoms with Crippen LogP contribution in [-0.2, 0) is 27.7 Å². The van der Waals surface area contributed by atoms with Crippen LogP contribution in [0.5, 0.6) is 0 Å². The summed E-state index contributed by atoms with van der Waals surface area (Å²) < 4.78 is 24.6. The Morgan fingerprint density at radius 3 is 2.65 bits per heavy atom. The predicted molar refractivity (Wildman–Crippen MR) is 91.7 cm³/mol. The third kappa shape index (κ3) is 4.58. The quantitative estimate of drug-likeness (QED) is 0.515. The highest BCUT2D eigenvalue weighted by molar-refractivity contribution is 7.91. The van der Waals surface area contributed by atoms with Crippen molar-refractivity contribution in [3.63, 3.8) is 0 Å². The molecule has 0 unspecified atom stereocenters. The van der Waals surface area contributed by atoms with E-state index in [2.05, 4.69) is 15.6 Å². The van der Waals surface area contributed by atoms with E-state index < -0.39 is 28.1 Å².